The van der Waals surface area contributed by atoms with Crippen molar-refractivity contribution in [3.8, 4) is 0 Å². The molecule has 0 aliphatic rings. The SMILES string of the molecule is CC(C)OC(=O)c1[nH]cc2c3ccccc3c3ccccc3c12. The zero-order valence-corrected chi connectivity index (χ0v) is 13.1. The Labute approximate surface area is 133 Å². The Balaban J connectivity index is 2.15. The van der Waals surface area contributed by atoms with Crippen LogP contribution in [0.5, 0.6) is 0 Å². The van der Waals surface area contributed by atoms with E-state index in [-0.39, 0.29) is 12.1 Å². The Hall–Kier alpha value is -2.81. The molecule has 4 aromatic rings. The van der Waals surface area contributed by atoms with Crippen LogP contribution < -0.4 is 0 Å². The van der Waals surface area contributed by atoms with Gasteiger partial charge in [0.1, 0.15) is 5.69 Å². The lowest BCUT2D eigenvalue weighted by Gasteiger charge is -2.10. The Morgan fingerprint density at radius 3 is 2.00 bits per heavy atom. The molecule has 0 unspecified atom stereocenters. The standard InChI is InChI=1S/C20H17NO2/c1-12(2)23-20(22)19-18-16-10-6-5-8-14(16)13-7-3-4-9-15(13)17(18)11-21-19/h3-12,21H,1-2H3. The van der Waals surface area contributed by atoms with Crippen molar-refractivity contribution >= 4 is 38.3 Å². The van der Waals surface area contributed by atoms with Gasteiger partial charge in [0.15, 0.2) is 0 Å². The summed E-state index contributed by atoms with van der Waals surface area (Å²) in [5, 5.41) is 6.53. The first-order chi connectivity index (χ1) is 11.2. The minimum atomic E-state index is -0.310. The highest BCUT2D eigenvalue weighted by atomic mass is 16.5. The molecule has 4 rings (SSSR count). The molecule has 0 saturated carbocycles. The maximum absolute atomic E-state index is 12.5. The maximum Gasteiger partial charge on any atom is 0.355 e. The fourth-order valence-electron chi connectivity index (χ4n) is 3.24. The van der Waals surface area contributed by atoms with Gasteiger partial charge in [0.2, 0.25) is 0 Å². The zero-order chi connectivity index (χ0) is 16.0. The average molecular weight is 303 g/mol. The quantitative estimate of drug-likeness (QED) is 0.416. The highest BCUT2D eigenvalue weighted by molar-refractivity contribution is 6.28. The van der Waals surface area contributed by atoms with E-state index in [1.54, 1.807) is 0 Å². The Morgan fingerprint density at radius 1 is 0.870 bits per heavy atom. The molecule has 0 aliphatic heterocycles. The number of esters is 1. The van der Waals surface area contributed by atoms with Crippen LogP contribution in [0.1, 0.15) is 24.3 Å². The number of carbonyl (C=O) groups is 1. The first-order valence-electron chi connectivity index (χ1n) is 7.78. The van der Waals surface area contributed by atoms with E-state index in [0.29, 0.717) is 5.69 Å². The van der Waals surface area contributed by atoms with Gasteiger partial charge in [-0.15, -0.1) is 0 Å². The molecule has 0 fully saturated rings. The number of hydrogen-bond donors (Lipinski definition) is 1. The van der Waals surface area contributed by atoms with Crippen LogP contribution in [0.25, 0.3) is 32.3 Å². The minimum Gasteiger partial charge on any atom is -0.458 e. The smallest absolute Gasteiger partial charge is 0.355 e. The number of ether oxygens (including phenoxy) is 1. The number of fused-ring (bicyclic) bond motifs is 6. The molecule has 0 bridgehead atoms. The molecule has 3 aromatic carbocycles. The van der Waals surface area contributed by atoms with Crippen LogP contribution in [-0.4, -0.2) is 17.1 Å². The van der Waals surface area contributed by atoms with E-state index in [0.717, 1.165) is 26.9 Å². The molecule has 1 heterocycles. The number of hydrogen-bond acceptors (Lipinski definition) is 2. The second kappa shape index (κ2) is 5.13. The Bertz CT molecular complexity index is 1040. The molecule has 0 amide bonds. The first-order valence-corrected chi connectivity index (χ1v) is 7.78. The molecule has 114 valence electrons. The van der Waals surface area contributed by atoms with E-state index in [1.807, 2.05) is 44.3 Å². The van der Waals surface area contributed by atoms with Crippen LogP contribution in [0.4, 0.5) is 0 Å². The normalized spacial score (nSPS) is 11.6. The molecule has 3 nitrogen and oxygen atoms in total. The van der Waals surface area contributed by atoms with Gasteiger partial charge in [-0.25, -0.2) is 4.79 Å². The molecule has 0 spiro atoms. The van der Waals surface area contributed by atoms with Crippen molar-refractivity contribution in [1.82, 2.24) is 4.98 Å². The number of nitrogens with one attached hydrogen (secondary N) is 1. The lowest BCUT2D eigenvalue weighted by atomic mass is 9.96. The van der Waals surface area contributed by atoms with Crippen LogP contribution >= 0.6 is 0 Å². The second-order valence-electron chi connectivity index (χ2n) is 6.00. The minimum absolute atomic E-state index is 0.146. The summed E-state index contributed by atoms with van der Waals surface area (Å²) >= 11 is 0. The lowest BCUT2D eigenvalue weighted by Crippen LogP contribution is -2.12. The predicted molar refractivity (Wildman–Crippen MR) is 93.9 cm³/mol. The fraction of sp³-hybridized carbons (Fsp3) is 0.150. The van der Waals surface area contributed by atoms with Crippen LogP contribution in [0.3, 0.4) is 0 Å². The monoisotopic (exact) mass is 303 g/mol. The molecule has 0 aliphatic carbocycles. The van der Waals surface area contributed by atoms with Gasteiger partial charge in [-0.05, 0) is 35.4 Å². The fourth-order valence-corrected chi connectivity index (χ4v) is 3.24. The van der Waals surface area contributed by atoms with Gasteiger partial charge in [0, 0.05) is 17.0 Å². The molecule has 1 N–H and O–H groups in total. The molecule has 0 atom stereocenters. The molecular weight excluding hydrogens is 286 g/mol. The van der Waals surface area contributed by atoms with Gasteiger partial charge in [0.25, 0.3) is 0 Å². The van der Waals surface area contributed by atoms with E-state index < -0.39 is 0 Å². The molecule has 0 radical (unpaired) electrons. The van der Waals surface area contributed by atoms with E-state index >= 15 is 0 Å². The summed E-state index contributed by atoms with van der Waals surface area (Å²) in [6, 6.07) is 16.5. The number of aromatic nitrogens is 1. The summed E-state index contributed by atoms with van der Waals surface area (Å²) in [7, 11) is 0. The summed E-state index contributed by atoms with van der Waals surface area (Å²) in [6.45, 7) is 3.72. The zero-order valence-electron chi connectivity index (χ0n) is 13.1. The van der Waals surface area contributed by atoms with Crippen LogP contribution in [0, 0.1) is 0 Å². The van der Waals surface area contributed by atoms with Crippen molar-refractivity contribution in [1.29, 1.82) is 0 Å². The average Bonchev–Trinajstić information content (AvgIpc) is 3.00. The van der Waals surface area contributed by atoms with Crippen molar-refractivity contribution in [2.75, 3.05) is 0 Å². The van der Waals surface area contributed by atoms with Crippen molar-refractivity contribution in [2.45, 2.75) is 20.0 Å². The third-order valence-electron chi connectivity index (χ3n) is 4.13. The number of rotatable bonds is 2. The first kappa shape index (κ1) is 13.8. The van der Waals surface area contributed by atoms with E-state index in [2.05, 4.69) is 29.2 Å². The van der Waals surface area contributed by atoms with Gasteiger partial charge in [-0.3, -0.25) is 0 Å². The topological polar surface area (TPSA) is 42.1 Å². The number of benzene rings is 3. The third-order valence-corrected chi connectivity index (χ3v) is 4.13. The lowest BCUT2D eigenvalue weighted by molar-refractivity contribution is 0.0374. The van der Waals surface area contributed by atoms with Gasteiger partial charge in [-0.2, -0.15) is 0 Å². The van der Waals surface area contributed by atoms with Crippen LogP contribution in [0.2, 0.25) is 0 Å². The second-order valence-corrected chi connectivity index (χ2v) is 6.00. The molecule has 1 aromatic heterocycles. The van der Waals surface area contributed by atoms with Gasteiger partial charge >= 0.3 is 5.97 Å². The van der Waals surface area contributed by atoms with Crippen LogP contribution in [0.15, 0.2) is 54.7 Å². The third kappa shape index (κ3) is 2.08. The molecular formula is C20H17NO2. The summed E-state index contributed by atoms with van der Waals surface area (Å²) in [5.41, 5.74) is 0.524. The van der Waals surface area contributed by atoms with Gasteiger partial charge in [-0.1, -0.05) is 48.5 Å². The largest absolute Gasteiger partial charge is 0.458 e. The summed E-state index contributed by atoms with van der Waals surface area (Å²) < 4.78 is 5.39. The Kier molecular flexibility index (Phi) is 3.08. The predicted octanol–water partition coefficient (Wildman–Crippen LogP) is 5.04. The van der Waals surface area contributed by atoms with Crippen LogP contribution in [-0.2, 0) is 4.74 Å². The van der Waals surface area contributed by atoms with Gasteiger partial charge < -0.3 is 9.72 Å². The van der Waals surface area contributed by atoms with Crippen molar-refractivity contribution in [3.63, 3.8) is 0 Å². The number of aromatic amines is 1. The molecule has 0 saturated heterocycles. The van der Waals surface area contributed by atoms with E-state index in [4.69, 9.17) is 4.74 Å². The maximum atomic E-state index is 12.5. The van der Waals surface area contributed by atoms with Crippen molar-refractivity contribution in [2.24, 2.45) is 0 Å². The highest BCUT2D eigenvalue weighted by Gasteiger charge is 2.19. The molecule has 3 heteroatoms. The summed E-state index contributed by atoms with van der Waals surface area (Å²) in [5.74, 6) is -0.310. The Morgan fingerprint density at radius 2 is 1.39 bits per heavy atom. The number of H-pyrrole nitrogens is 1. The van der Waals surface area contributed by atoms with Crippen molar-refractivity contribution < 1.29 is 9.53 Å². The van der Waals surface area contributed by atoms with E-state index in [1.165, 1.54) is 5.39 Å². The van der Waals surface area contributed by atoms with Crippen molar-refractivity contribution in [3.05, 3.63) is 60.4 Å². The summed E-state index contributed by atoms with van der Waals surface area (Å²) in [4.78, 5) is 15.6. The molecule has 23 heavy (non-hydrogen) atoms. The van der Waals surface area contributed by atoms with E-state index in [9.17, 15) is 4.79 Å². The number of carbonyl (C=O) groups excluding carboxylic acids is 1. The summed E-state index contributed by atoms with van der Waals surface area (Å²) in [6.07, 6.45) is 1.76. The van der Waals surface area contributed by atoms with Gasteiger partial charge in [0.05, 0.1) is 6.10 Å². The highest BCUT2D eigenvalue weighted by Crippen LogP contribution is 2.36.